The van der Waals surface area contributed by atoms with E-state index in [0.29, 0.717) is 6.42 Å². The number of rotatable bonds is 35. The normalized spacial score (nSPS) is 22.0. The van der Waals surface area contributed by atoms with E-state index in [1.165, 1.54) is 109 Å². The minimum atomic E-state index is -1.56. The predicted molar refractivity (Wildman–Crippen MR) is 212 cm³/mol. The van der Waals surface area contributed by atoms with Crippen LogP contribution in [-0.2, 0) is 14.3 Å². The highest BCUT2D eigenvalue weighted by Crippen LogP contribution is 2.22. The second-order valence-corrected chi connectivity index (χ2v) is 15.1. The molecule has 0 saturated carbocycles. The van der Waals surface area contributed by atoms with Crippen molar-refractivity contribution in [1.82, 2.24) is 5.32 Å². The Bertz CT molecular complexity index is 868. The van der Waals surface area contributed by atoms with Crippen LogP contribution >= 0.6 is 0 Å². The number of carbonyl (C=O) groups is 1. The predicted octanol–water partition coefficient (Wildman–Crippen LogP) is 8.33. The summed E-state index contributed by atoms with van der Waals surface area (Å²) in [6.45, 7) is 3.73. The number of ether oxygens (including phenoxy) is 2. The lowest BCUT2D eigenvalue weighted by Gasteiger charge is -2.40. The number of amides is 1. The Morgan fingerprint density at radius 1 is 0.635 bits per heavy atom. The number of aliphatic hydroxyl groups excluding tert-OH is 5. The maximum atomic E-state index is 12.9. The fourth-order valence-electron chi connectivity index (χ4n) is 6.74. The molecule has 1 aliphatic heterocycles. The van der Waals surface area contributed by atoms with Gasteiger partial charge in [-0.15, -0.1) is 0 Å². The van der Waals surface area contributed by atoms with E-state index < -0.39 is 49.5 Å². The molecule has 9 nitrogen and oxygen atoms in total. The Labute approximate surface area is 318 Å². The van der Waals surface area contributed by atoms with Gasteiger partial charge in [0.25, 0.3) is 0 Å². The molecular weight excluding hydrogens is 658 g/mol. The fraction of sp³-hybridized carbons (Fsp3) is 0.884. The maximum Gasteiger partial charge on any atom is 0.220 e. The summed E-state index contributed by atoms with van der Waals surface area (Å²) in [6, 6.07) is -0.804. The molecule has 1 aliphatic rings. The van der Waals surface area contributed by atoms with Gasteiger partial charge >= 0.3 is 0 Å². The Morgan fingerprint density at radius 3 is 1.60 bits per heavy atom. The molecule has 7 atom stereocenters. The Morgan fingerprint density at radius 2 is 1.08 bits per heavy atom. The van der Waals surface area contributed by atoms with Crippen LogP contribution in [0.4, 0.5) is 0 Å². The lowest BCUT2D eigenvalue weighted by atomic mass is 9.99. The smallest absolute Gasteiger partial charge is 0.220 e. The molecule has 0 spiro atoms. The molecule has 0 bridgehead atoms. The standard InChI is InChI=1S/C43H81NO8/c1-3-5-7-9-11-13-15-17-18-19-20-21-22-24-26-28-30-32-37(46)36(35-51-43-42(50)41(49)40(48)38(34-45)52-43)44-39(47)33-31-29-27-25-23-16-14-12-10-8-6-4-2/h12,14,30,32,36-38,40-43,45-46,48-50H,3-11,13,15-29,31,33-35H2,1-2H3,(H,44,47)/b14-12-,32-30+. The van der Waals surface area contributed by atoms with Gasteiger partial charge in [-0.3, -0.25) is 4.79 Å². The molecular formula is C43H81NO8. The van der Waals surface area contributed by atoms with Crippen molar-refractivity contribution < 1.29 is 39.8 Å². The third-order valence-electron chi connectivity index (χ3n) is 10.3. The number of nitrogens with one attached hydrogen (secondary N) is 1. The molecule has 1 saturated heterocycles. The number of hydrogen-bond acceptors (Lipinski definition) is 8. The monoisotopic (exact) mass is 740 g/mol. The quantitative estimate of drug-likeness (QED) is 0.0281. The zero-order valence-electron chi connectivity index (χ0n) is 33.3. The van der Waals surface area contributed by atoms with Crippen LogP contribution < -0.4 is 5.32 Å². The van der Waals surface area contributed by atoms with E-state index >= 15 is 0 Å². The van der Waals surface area contributed by atoms with Crippen molar-refractivity contribution >= 4 is 5.91 Å². The van der Waals surface area contributed by atoms with Crippen molar-refractivity contribution in [3.05, 3.63) is 24.3 Å². The van der Waals surface area contributed by atoms with Crippen LogP contribution in [0.1, 0.15) is 187 Å². The first-order valence-electron chi connectivity index (χ1n) is 21.6. The largest absolute Gasteiger partial charge is 0.394 e. The van der Waals surface area contributed by atoms with E-state index in [1.807, 2.05) is 6.08 Å². The lowest BCUT2D eigenvalue weighted by Crippen LogP contribution is -2.60. The zero-order chi connectivity index (χ0) is 38.1. The van der Waals surface area contributed by atoms with Gasteiger partial charge in [0.15, 0.2) is 6.29 Å². The number of carbonyl (C=O) groups excluding carboxylic acids is 1. The summed E-state index contributed by atoms with van der Waals surface area (Å²) in [5, 5.41) is 54.0. The van der Waals surface area contributed by atoms with Gasteiger partial charge in [-0.2, -0.15) is 0 Å². The van der Waals surface area contributed by atoms with Gasteiger partial charge in [0.1, 0.15) is 24.4 Å². The summed E-state index contributed by atoms with van der Waals surface area (Å²) in [5.41, 5.74) is 0. The van der Waals surface area contributed by atoms with Gasteiger partial charge < -0.3 is 40.3 Å². The van der Waals surface area contributed by atoms with E-state index in [1.54, 1.807) is 6.08 Å². The first-order valence-corrected chi connectivity index (χ1v) is 21.6. The van der Waals surface area contributed by atoms with E-state index in [4.69, 9.17) is 9.47 Å². The third-order valence-corrected chi connectivity index (χ3v) is 10.3. The number of aliphatic hydroxyl groups is 5. The highest BCUT2D eigenvalue weighted by molar-refractivity contribution is 5.76. The van der Waals surface area contributed by atoms with Crippen molar-refractivity contribution in [3.8, 4) is 0 Å². The summed E-state index contributed by atoms with van der Waals surface area (Å²) in [4.78, 5) is 12.9. The van der Waals surface area contributed by atoms with Crippen LogP contribution in [0.15, 0.2) is 24.3 Å². The highest BCUT2D eigenvalue weighted by atomic mass is 16.7. The molecule has 0 radical (unpaired) electrons. The molecule has 1 amide bonds. The molecule has 7 unspecified atom stereocenters. The lowest BCUT2D eigenvalue weighted by molar-refractivity contribution is -0.302. The fourth-order valence-corrected chi connectivity index (χ4v) is 6.74. The molecule has 306 valence electrons. The van der Waals surface area contributed by atoms with E-state index in [2.05, 4.69) is 31.3 Å². The second-order valence-electron chi connectivity index (χ2n) is 15.1. The molecule has 0 aromatic carbocycles. The van der Waals surface area contributed by atoms with Crippen LogP contribution in [0.2, 0.25) is 0 Å². The summed E-state index contributed by atoms with van der Waals surface area (Å²) >= 11 is 0. The van der Waals surface area contributed by atoms with Crippen molar-refractivity contribution in [2.45, 2.75) is 230 Å². The molecule has 1 fully saturated rings. The van der Waals surface area contributed by atoms with Gasteiger partial charge in [0.05, 0.1) is 25.4 Å². The first-order chi connectivity index (χ1) is 25.3. The van der Waals surface area contributed by atoms with Crippen LogP contribution in [0.25, 0.3) is 0 Å². The Hall–Kier alpha value is -1.33. The van der Waals surface area contributed by atoms with Gasteiger partial charge in [0, 0.05) is 6.42 Å². The number of unbranched alkanes of at least 4 members (excludes halogenated alkanes) is 23. The summed E-state index contributed by atoms with van der Waals surface area (Å²) in [5.74, 6) is -0.188. The summed E-state index contributed by atoms with van der Waals surface area (Å²) in [7, 11) is 0. The van der Waals surface area contributed by atoms with Gasteiger partial charge in [0.2, 0.25) is 5.91 Å². The molecule has 6 N–H and O–H groups in total. The summed E-state index contributed by atoms with van der Waals surface area (Å²) in [6.07, 6.45) is 32.2. The number of hydrogen-bond donors (Lipinski definition) is 6. The van der Waals surface area contributed by atoms with Crippen molar-refractivity contribution in [1.29, 1.82) is 0 Å². The summed E-state index contributed by atoms with van der Waals surface area (Å²) < 4.78 is 11.2. The van der Waals surface area contributed by atoms with Crippen LogP contribution in [0.5, 0.6) is 0 Å². The molecule has 0 aromatic heterocycles. The van der Waals surface area contributed by atoms with Crippen molar-refractivity contribution in [2.75, 3.05) is 13.2 Å². The van der Waals surface area contributed by atoms with Crippen LogP contribution in [0.3, 0.4) is 0 Å². The Balaban J connectivity index is 2.40. The minimum absolute atomic E-state index is 0.188. The number of allylic oxidation sites excluding steroid dienone is 3. The van der Waals surface area contributed by atoms with Crippen molar-refractivity contribution in [2.24, 2.45) is 0 Å². The van der Waals surface area contributed by atoms with Gasteiger partial charge in [-0.1, -0.05) is 160 Å². The molecule has 0 aromatic rings. The SMILES string of the molecule is CCCCC/C=C\CCCCCCCC(=O)NC(COC1OC(CO)C(O)C(O)C1O)C(O)/C=C/CCCCCCCCCCCCCCCCC. The second kappa shape index (κ2) is 34.2. The van der Waals surface area contributed by atoms with E-state index in [9.17, 15) is 30.3 Å². The zero-order valence-corrected chi connectivity index (χ0v) is 33.3. The topological polar surface area (TPSA) is 149 Å². The van der Waals surface area contributed by atoms with Crippen LogP contribution in [0, 0.1) is 0 Å². The average molecular weight is 740 g/mol. The van der Waals surface area contributed by atoms with Crippen LogP contribution in [-0.4, -0.2) is 87.5 Å². The third kappa shape index (κ3) is 24.9. The van der Waals surface area contributed by atoms with Crippen molar-refractivity contribution in [3.63, 3.8) is 0 Å². The molecule has 0 aliphatic carbocycles. The maximum absolute atomic E-state index is 12.9. The molecule has 52 heavy (non-hydrogen) atoms. The average Bonchev–Trinajstić information content (AvgIpc) is 3.14. The Kier molecular flexibility index (Phi) is 32.0. The first kappa shape index (κ1) is 48.7. The molecule has 1 rings (SSSR count). The molecule has 1 heterocycles. The minimum Gasteiger partial charge on any atom is -0.394 e. The van der Waals surface area contributed by atoms with E-state index in [0.717, 1.165) is 57.8 Å². The van der Waals surface area contributed by atoms with Gasteiger partial charge in [-0.25, -0.2) is 0 Å². The van der Waals surface area contributed by atoms with E-state index in [-0.39, 0.29) is 12.5 Å². The van der Waals surface area contributed by atoms with Gasteiger partial charge in [-0.05, 0) is 44.9 Å². The molecule has 9 heteroatoms. The highest BCUT2D eigenvalue weighted by Gasteiger charge is 2.44.